The number of fused-ring (bicyclic) bond motifs is 6. The molecule has 6 heteroatoms. The quantitative estimate of drug-likeness (QED) is 0.0488. The van der Waals surface area contributed by atoms with Crippen LogP contribution in [-0.2, 0) is 44.8 Å². The van der Waals surface area contributed by atoms with Crippen LogP contribution in [0.25, 0.3) is 28.3 Å². The van der Waals surface area contributed by atoms with Crippen LogP contribution >= 0.6 is 15.8 Å². The molecule has 66 heavy (non-hydrogen) atoms. The van der Waals surface area contributed by atoms with Gasteiger partial charge in [-0.05, 0) is 148 Å². The van der Waals surface area contributed by atoms with Crippen molar-refractivity contribution in [2.75, 3.05) is 12.3 Å². The van der Waals surface area contributed by atoms with Crippen molar-refractivity contribution in [3.8, 4) is 28.2 Å². The predicted molar refractivity (Wildman–Crippen MR) is 295 cm³/mol. The molecular weight excluding hydrogens is 1230 g/mol. The molecular formula is C60H82Au2P2Si2+2. The van der Waals surface area contributed by atoms with Crippen molar-refractivity contribution in [1.29, 1.82) is 0 Å². The summed E-state index contributed by atoms with van der Waals surface area (Å²) in [5, 5.41) is 6.01. The Morgan fingerprint density at radius 3 is 1.21 bits per heavy atom. The van der Waals surface area contributed by atoms with E-state index in [0.717, 1.165) is 11.1 Å². The first-order valence-corrected chi connectivity index (χ1v) is 36.1. The van der Waals surface area contributed by atoms with Crippen molar-refractivity contribution < 1.29 is 44.8 Å². The van der Waals surface area contributed by atoms with E-state index in [2.05, 4.69) is 111 Å². The van der Waals surface area contributed by atoms with Crippen molar-refractivity contribution in [2.24, 2.45) is 0 Å². The van der Waals surface area contributed by atoms with E-state index in [1.165, 1.54) is 60.4 Å². The third kappa shape index (κ3) is 12.7. The third-order valence-corrected chi connectivity index (χ3v) is 32.7. The first kappa shape index (κ1) is 54.3. The molecule has 0 nitrogen and oxygen atoms in total. The summed E-state index contributed by atoms with van der Waals surface area (Å²) >= 11 is 0. The maximum Gasteiger partial charge on any atom is 1.00 e. The van der Waals surface area contributed by atoms with Crippen LogP contribution < -0.4 is 20.7 Å². The second kappa shape index (κ2) is 25.9. The second-order valence-electron chi connectivity index (χ2n) is 21.9. The van der Waals surface area contributed by atoms with Gasteiger partial charge in [0.25, 0.3) is 0 Å². The number of unbranched alkanes of at least 4 members (excludes halogenated alkanes) is 1. The predicted octanol–water partition coefficient (Wildman–Crippen LogP) is 14.9. The van der Waals surface area contributed by atoms with E-state index >= 15 is 0 Å². The van der Waals surface area contributed by atoms with Gasteiger partial charge in [0.05, 0.1) is 35.0 Å². The molecule has 0 N–H and O–H groups in total. The van der Waals surface area contributed by atoms with Gasteiger partial charge in [-0.2, -0.15) is 5.56 Å². The zero-order valence-corrected chi connectivity index (χ0v) is 49.5. The Labute approximate surface area is 439 Å². The Kier molecular flexibility index (Phi) is 21.3. The molecule has 4 aliphatic carbocycles. The van der Waals surface area contributed by atoms with Crippen molar-refractivity contribution in [3.05, 3.63) is 109 Å². The molecule has 4 aromatic carbocycles. The van der Waals surface area contributed by atoms with E-state index in [-0.39, 0.29) is 60.6 Å². The first-order valence-electron chi connectivity index (χ1n) is 26.4. The second-order valence-corrected chi connectivity index (χ2v) is 37.1. The van der Waals surface area contributed by atoms with Crippen LogP contribution in [-0.4, -0.2) is 51.1 Å². The number of hydrogen-bond acceptors (Lipinski definition) is 0. The smallest absolute Gasteiger partial charge is 0.366 e. The van der Waals surface area contributed by atoms with Gasteiger partial charge >= 0.3 is 44.8 Å². The maximum absolute atomic E-state index is 7.26. The van der Waals surface area contributed by atoms with Gasteiger partial charge in [-0.25, -0.2) is 6.08 Å². The zero-order valence-electron chi connectivity index (χ0n) is 41.1. The number of rotatable bonds is 10. The van der Waals surface area contributed by atoms with Gasteiger partial charge in [-0.3, -0.25) is 12.5 Å². The summed E-state index contributed by atoms with van der Waals surface area (Å²) in [6.45, 7) is 15.2. The van der Waals surface area contributed by atoms with Crippen LogP contribution in [0.15, 0.2) is 84.9 Å². The van der Waals surface area contributed by atoms with Crippen molar-refractivity contribution in [1.82, 2.24) is 0 Å². The summed E-state index contributed by atoms with van der Waals surface area (Å²) in [5.41, 5.74) is 12.4. The fourth-order valence-electron chi connectivity index (χ4n) is 13.6. The summed E-state index contributed by atoms with van der Waals surface area (Å²) < 4.78 is 0. The Hall–Kier alpha value is -1.05. The van der Waals surface area contributed by atoms with Crippen LogP contribution in [0.2, 0.25) is 26.2 Å². The molecule has 4 fully saturated rings. The average molecular weight is 1320 g/mol. The molecule has 2 heterocycles. The summed E-state index contributed by atoms with van der Waals surface area (Å²) in [4.78, 5) is 0. The Morgan fingerprint density at radius 1 is 0.485 bits per heavy atom. The minimum Gasteiger partial charge on any atom is -0.366 e. The molecule has 2 aliphatic heterocycles. The van der Waals surface area contributed by atoms with Gasteiger partial charge in [0.1, 0.15) is 16.1 Å². The van der Waals surface area contributed by atoms with Crippen LogP contribution in [0, 0.1) is 18.9 Å². The van der Waals surface area contributed by atoms with Crippen LogP contribution in [0.4, 0.5) is 0 Å². The van der Waals surface area contributed by atoms with E-state index in [1.54, 1.807) is 165 Å². The van der Waals surface area contributed by atoms with Gasteiger partial charge in [0.15, 0.2) is 0 Å². The summed E-state index contributed by atoms with van der Waals surface area (Å²) in [5.74, 6) is 2.49. The molecule has 0 spiro atoms. The van der Waals surface area contributed by atoms with E-state index in [9.17, 15) is 0 Å². The van der Waals surface area contributed by atoms with Gasteiger partial charge in [0, 0.05) is 15.8 Å². The molecule has 0 unspecified atom stereocenters. The average Bonchev–Trinajstić information content (AvgIpc) is 3.72. The number of benzene rings is 4. The van der Waals surface area contributed by atoms with Gasteiger partial charge in [-0.1, -0.05) is 123 Å². The SMILES string of the molecule is C1CCC([PH+](CCCC[PH+](C2CCCCC2)C2CCCCC2)C2CCCCC2)CC1.[Au+].[Au+].[C-]#Cc1ccc2c(c1)[Si](C)(C)c1ccccc1-2.[CH-]=Cc1ccc2c(c1)[Si](C)(C)c1ccccc1-2. The Bertz CT molecular complexity index is 2120. The zero-order chi connectivity index (χ0) is 44.5. The van der Waals surface area contributed by atoms with Gasteiger partial charge in [-0.15, -0.1) is 29.8 Å². The monoisotopic (exact) mass is 1310 g/mol. The molecule has 0 bridgehead atoms. The normalized spacial score (nSPS) is 19.8. The molecule has 0 radical (unpaired) electrons. The summed E-state index contributed by atoms with van der Waals surface area (Å²) in [6.07, 6.45) is 47.4. The molecule has 360 valence electrons. The minimum atomic E-state index is -1.55. The third-order valence-electron chi connectivity index (χ3n) is 17.2. The molecule has 0 saturated heterocycles. The maximum atomic E-state index is 7.26. The first-order chi connectivity index (χ1) is 31.2. The fraction of sp³-hybridized carbons (Fsp3) is 0.533. The largest absolute Gasteiger partial charge is 1.00 e. The van der Waals surface area contributed by atoms with Crippen molar-refractivity contribution >= 4 is 58.8 Å². The van der Waals surface area contributed by atoms with E-state index in [4.69, 9.17) is 13.0 Å². The summed E-state index contributed by atoms with van der Waals surface area (Å²) in [7, 11) is -3.22. The molecule has 4 saturated carbocycles. The van der Waals surface area contributed by atoms with Crippen LogP contribution in [0.3, 0.4) is 0 Å². The molecule has 10 rings (SSSR count). The van der Waals surface area contributed by atoms with E-state index < -0.39 is 16.1 Å². The van der Waals surface area contributed by atoms with Gasteiger partial charge < -0.3 is 6.42 Å². The standard InChI is InChI=1S/C28H52P2.C16H15Si.C16H13Si.2Au/c1-5-15-25(16-6-1)29(26-17-7-2-8-18-26)23-13-14-24-30(27-19-9-3-10-20-27)28-21-11-4-12-22-28;2*1-4-12-9-10-14-13-7-5-6-8-15(13)17(2,3)16(14)11-12;;/h25-28H,1-24H2;1,4-11H,2-3H3;5-11H,2-3H3;;/q;2*-1;2*+1/p+2. The van der Waals surface area contributed by atoms with Crippen molar-refractivity contribution in [3.63, 3.8) is 0 Å². The Morgan fingerprint density at radius 2 is 0.833 bits per heavy atom. The molecule has 0 atom stereocenters. The van der Waals surface area contributed by atoms with Gasteiger partial charge in [0.2, 0.25) is 0 Å². The molecule has 0 aromatic heterocycles. The van der Waals surface area contributed by atoms with Crippen LogP contribution in [0.5, 0.6) is 0 Å². The molecule has 6 aliphatic rings. The van der Waals surface area contributed by atoms with Crippen molar-refractivity contribution in [2.45, 2.75) is 190 Å². The van der Waals surface area contributed by atoms with E-state index in [1.807, 2.05) is 6.07 Å². The molecule has 0 amide bonds. The Balaban J connectivity index is 0.000000172. The minimum absolute atomic E-state index is 0. The fourth-order valence-corrected chi connectivity index (χ4v) is 28.7. The number of hydrogen-bond donors (Lipinski definition) is 0. The topological polar surface area (TPSA) is 0 Å². The summed E-state index contributed by atoms with van der Waals surface area (Å²) in [6, 6.07) is 30.4. The molecule has 4 aromatic rings. The van der Waals surface area contributed by atoms with E-state index in [0.29, 0.717) is 0 Å². The van der Waals surface area contributed by atoms with Crippen LogP contribution in [0.1, 0.15) is 152 Å².